The lowest BCUT2D eigenvalue weighted by atomic mass is 10.1. The van der Waals surface area contributed by atoms with Gasteiger partial charge in [0.2, 0.25) is 0 Å². The first-order valence-electron chi connectivity index (χ1n) is 7.80. The molecule has 0 atom stereocenters. The van der Waals surface area contributed by atoms with Crippen molar-refractivity contribution in [1.82, 2.24) is 15.0 Å². The zero-order chi connectivity index (χ0) is 17.4. The molecule has 4 rings (SSSR count). The number of rotatable bonds is 3. The third-order valence-electron chi connectivity index (χ3n) is 3.89. The maximum Gasteiger partial charge on any atom is 0.160 e. The Balaban J connectivity index is 1.94. The second kappa shape index (κ2) is 6.14. The predicted octanol–water partition coefficient (Wildman–Crippen LogP) is 4.19. The van der Waals surface area contributed by atoms with Crippen molar-refractivity contribution in [2.75, 3.05) is 19.0 Å². The summed E-state index contributed by atoms with van der Waals surface area (Å²) in [7, 11) is 3.93. The average Bonchev–Trinajstić information content (AvgIpc) is 3.09. The Labute approximate surface area is 149 Å². The molecule has 5 nitrogen and oxygen atoms in total. The normalized spacial score (nSPS) is 11.0. The number of aromatic nitrogens is 3. The first-order chi connectivity index (χ1) is 12.1. The first-order valence-corrected chi connectivity index (χ1v) is 8.68. The summed E-state index contributed by atoms with van der Waals surface area (Å²) < 4.78 is 1.04. The van der Waals surface area contributed by atoms with Crippen LogP contribution in [0, 0.1) is 0 Å². The number of hydrogen-bond donors (Lipinski definition) is 1. The highest BCUT2D eigenvalue weighted by Crippen LogP contribution is 2.33. The summed E-state index contributed by atoms with van der Waals surface area (Å²) in [4.78, 5) is 15.8. The third-order valence-corrected chi connectivity index (χ3v) is 4.80. The molecule has 0 saturated carbocycles. The quantitative estimate of drug-likeness (QED) is 0.601. The first kappa shape index (κ1) is 15.5. The molecule has 0 aliphatic heterocycles. The van der Waals surface area contributed by atoms with Crippen LogP contribution in [-0.4, -0.2) is 34.2 Å². The van der Waals surface area contributed by atoms with Crippen molar-refractivity contribution in [3.05, 3.63) is 54.0 Å². The van der Waals surface area contributed by atoms with Gasteiger partial charge in [-0.1, -0.05) is 12.1 Å². The lowest BCUT2D eigenvalue weighted by Crippen LogP contribution is -2.10. The van der Waals surface area contributed by atoms with Gasteiger partial charge in [0.1, 0.15) is 11.6 Å². The largest absolute Gasteiger partial charge is 0.508 e. The second-order valence-electron chi connectivity index (χ2n) is 5.88. The van der Waals surface area contributed by atoms with E-state index in [1.807, 2.05) is 48.6 Å². The molecular weight excluding hydrogens is 332 g/mol. The molecular formula is C19H16N4OS. The Kier molecular flexibility index (Phi) is 3.82. The van der Waals surface area contributed by atoms with Gasteiger partial charge in [-0.2, -0.15) is 0 Å². The second-order valence-corrected chi connectivity index (χ2v) is 6.79. The van der Waals surface area contributed by atoms with E-state index in [4.69, 9.17) is 4.98 Å². The lowest BCUT2D eigenvalue weighted by molar-refractivity contribution is 0.475. The van der Waals surface area contributed by atoms with Gasteiger partial charge in [-0.15, -0.1) is 11.3 Å². The molecule has 1 N–H and O–H groups in total. The summed E-state index contributed by atoms with van der Waals surface area (Å²) in [5.41, 5.74) is 3.56. The number of anilines is 1. The summed E-state index contributed by atoms with van der Waals surface area (Å²) in [5, 5.41) is 11.8. The Hall–Kier alpha value is -2.99. The van der Waals surface area contributed by atoms with Crippen LogP contribution in [0.3, 0.4) is 0 Å². The molecule has 4 aromatic rings. The van der Waals surface area contributed by atoms with Crippen LogP contribution in [0.2, 0.25) is 0 Å². The van der Waals surface area contributed by atoms with E-state index >= 15 is 0 Å². The fraction of sp³-hybridized carbons (Fsp3) is 0.105. The van der Waals surface area contributed by atoms with Gasteiger partial charge < -0.3 is 10.0 Å². The van der Waals surface area contributed by atoms with E-state index in [0.717, 1.165) is 32.9 Å². The van der Waals surface area contributed by atoms with Crippen LogP contribution in [0.1, 0.15) is 0 Å². The lowest BCUT2D eigenvalue weighted by Gasteiger charge is -2.12. The molecule has 1 aromatic carbocycles. The van der Waals surface area contributed by atoms with Gasteiger partial charge in [0.05, 0.1) is 15.9 Å². The summed E-state index contributed by atoms with van der Waals surface area (Å²) in [6, 6.07) is 13.0. The highest BCUT2D eigenvalue weighted by Gasteiger charge is 2.13. The molecule has 25 heavy (non-hydrogen) atoms. The van der Waals surface area contributed by atoms with Crippen molar-refractivity contribution in [2.45, 2.75) is 0 Å². The molecule has 0 aliphatic carbocycles. The van der Waals surface area contributed by atoms with Gasteiger partial charge in [-0.05, 0) is 35.7 Å². The summed E-state index contributed by atoms with van der Waals surface area (Å²) in [6.45, 7) is 0. The van der Waals surface area contributed by atoms with E-state index in [0.29, 0.717) is 5.82 Å². The number of hydrogen-bond acceptors (Lipinski definition) is 6. The average molecular weight is 348 g/mol. The Bertz CT molecular complexity index is 1060. The number of thiophene rings is 1. The molecule has 3 aromatic heterocycles. The molecule has 0 fully saturated rings. The van der Waals surface area contributed by atoms with Crippen molar-refractivity contribution in [3.8, 4) is 28.4 Å². The standard InChI is InChI=1S/C19H16N4OS/c1-23(2)16-11-12(6-8-20-16)17-18-15(7-9-25-18)21-19(22-17)13-4-3-5-14(24)10-13/h3-11,24H,1-2H3. The van der Waals surface area contributed by atoms with E-state index in [2.05, 4.69) is 9.97 Å². The minimum Gasteiger partial charge on any atom is -0.508 e. The van der Waals surface area contributed by atoms with Crippen LogP contribution in [0.5, 0.6) is 5.75 Å². The molecule has 0 saturated heterocycles. The zero-order valence-electron chi connectivity index (χ0n) is 13.8. The van der Waals surface area contributed by atoms with Gasteiger partial charge in [-0.25, -0.2) is 15.0 Å². The molecule has 0 bridgehead atoms. The molecule has 0 amide bonds. The molecule has 6 heteroatoms. The van der Waals surface area contributed by atoms with Crippen LogP contribution in [0.25, 0.3) is 32.9 Å². The van der Waals surface area contributed by atoms with Crippen molar-refractivity contribution in [3.63, 3.8) is 0 Å². The van der Waals surface area contributed by atoms with E-state index in [1.165, 1.54) is 0 Å². The van der Waals surface area contributed by atoms with Crippen molar-refractivity contribution in [1.29, 1.82) is 0 Å². The van der Waals surface area contributed by atoms with Gasteiger partial charge >= 0.3 is 0 Å². The Morgan fingerprint density at radius 2 is 1.88 bits per heavy atom. The minimum absolute atomic E-state index is 0.201. The molecule has 124 valence electrons. The van der Waals surface area contributed by atoms with Crippen molar-refractivity contribution in [2.24, 2.45) is 0 Å². The highest BCUT2D eigenvalue weighted by atomic mass is 32.1. The SMILES string of the molecule is CN(C)c1cc(-c2nc(-c3cccc(O)c3)nc3ccsc23)ccn1. The van der Waals surface area contributed by atoms with Crippen molar-refractivity contribution >= 4 is 27.4 Å². The topological polar surface area (TPSA) is 62.1 Å². The molecule has 0 radical (unpaired) electrons. The van der Waals surface area contributed by atoms with Crippen LogP contribution in [0.4, 0.5) is 5.82 Å². The summed E-state index contributed by atoms with van der Waals surface area (Å²) in [6.07, 6.45) is 1.79. The number of fused-ring (bicyclic) bond motifs is 1. The molecule has 0 spiro atoms. The maximum absolute atomic E-state index is 9.76. The fourth-order valence-corrected chi connectivity index (χ4v) is 3.49. The molecule has 0 unspecified atom stereocenters. The highest BCUT2D eigenvalue weighted by molar-refractivity contribution is 7.17. The smallest absolute Gasteiger partial charge is 0.160 e. The number of aromatic hydroxyl groups is 1. The minimum atomic E-state index is 0.201. The van der Waals surface area contributed by atoms with Gasteiger partial charge in [0.25, 0.3) is 0 Å². The van der Waals surface area contributed by atoms with Crippen LogP contribution >= 0.6 is 11.3 Å². The van der Waals surface area contributed by atoms with E-state index in [9.17, 15) is 5.11 Å². The number of pyridine rings is 1. The van der Waals surface area contributed by atoms with Crippen LogP contribution < -0.4 is 4.90 Å². The van der Waals surface area contributed by atoms with Gasteiger partial charge in [-0.3, -0.25) is 0 Å². The Morgan fingerprint density at radius 1 is 1.00 bits per heavy atom. The summed E-state index contributed by atoms with van der Waals surface area (Å²) >= 11 is 1.62. The monoisotopic (exact) mass is 348 g/mol. The van der Waals surface area contributed by atoms with E-state index < -0.39 is 0 Å². The predicted molar refractivity (Wildman–Crippen MR) is 102 cm³/mol. The number of phenolic OH excluding ortho intramolecular Hbond substituents is 1. The third kappa shape index (κ3) is 2.92. The van der Waals surface area contributed by atoms with Crippen LogP contribution in [-0.2, 0) is 0 Å². The van der Waals surface area contributed by atoms with Crippen molar-refractivity contribution < 1.29 is 5.11 Å². The van der Waals surface area contributed by atoms with Crippen LogP contribution in [0.15, 0.2) is 54.0 Å². The zero-order valence-corrected chi connectivity index (χ0v) is 14.7. The Morgan fingerprint density at radius 3 is 2.68 bits per heavy atom. The van der Waals surface area contributed by atoms with E-state index in [1.54, 1.807) is 35.7 Å². The number of benzene rings is 1. The van der Waals surface area contributed by atoms with Gasteiger partial charge in [0, 0.05) is 31.4 Å². The fourth-order valence-electron chi connectivity index (χ4n) is 2.64. The summed E-state index contributed by atoms with van der Waals surface area (Å²) in [5.74, 6) is 1.67. The molecule has 3 heterocycles. The number of nitrogens with zero attached hydrogens (tertiary/aromatic N) is 4. The van der Waals surface area contributed by atoms with E-state index in [-0.39, 0.29) is 5.75 Å². The number of phenols is 1. The van der Waals surface area contributed by atoms with Gasteiger partial charge in [0.15, 0.2) is 5.82 Å². The molecule has 0 aliphatic rings. The maximum atomic E-state index is 9.76.